The van der Waals surface area contributed by atoms with Gasteiger partial charge < -0.3 is 15.2 Å². The Kier molecular flexibility index (Phi) is 4.75. The van der Waals surface area contributed by atoms with Crippen molar-refractivity contribution < 1.29 is 9.47 Å². The zero-order valence-electron chi connectivity index (χ0n) is 11.0. The molecule has 19 heavy (non-hydrogen) atoms. The van der Waals surface area contributed by atoms with Crippen molar-refractivity contribution in [2.45, 2.75) is 20.1 Å². The fraction of sp³-hybridized carbons (Fsp3) is 0.267. The summed E-state index contributed by atoms with van der Waals surface area (Å²) in [6, 6.07) is 11.5. The highest BCUT2D eigenvalue weighted by Crippen LogP contribution is 2.18. The lowest BCUT2D eigenvalue weighted by Crippen LogP contribution is -2.02. The molecular weight excluding hydrogens is 240 g/mol. The van der Waals surface area contributed by atoms with Crippen molar-refractivity contribution in [3.8, 4) is 11.5 Å². The summed E-state index contributed by atoms with van der Waals surface area (Å²) in [5.41, 5.74) is 7.48. The van der Waals surface area contributed by atoms with Crippen molar-refractivity contribution in [2.75, 3.05) is 6.61 Å². The van der Waals surface area contributed by atoms with Crippen LogP contribution in [0.1, 0.15) is 18.2 Å². The molecule has 4 nitrogen and oxygen atoms in total. The van der Waals surface area contributed by atoms with E-state index in [0.29, 0.717) is 19.8 Å². The normalized spacial score (nSPS) is 10.2. The van der Waals surface area contributed by atoms with Crippen LogP contribution in [-0.2, 0) is 13.2 Å². The lowest BCUT2D eigenvalue weighted by atomic mass is 10.2. The smallest absolute Gasteiger partial charge is 0.120 e. The highest BCUT2D eigenvalue weighted by molar-refractivity contribution is 5.31. The minimum absolute atomic E-state index is 0.441. The van der Waals surface area contributed by atoms with Gasteiger partial charge in [0.15, 0.2) is 0 Å². The molecule has 0 spiro atoms. The number of ether oxygens (including phenoxy) is 2. The first-order chi connectivity index (χ1) is 9.31. The van der Waals surface area contributed by atoms with Crippen molar-refractivity contribution in [2.24, 2.45) is 5.73 Å². The molecular formula is C15H18N2O2. The average Bonchev–Trinajstić information content (AvgIpc) is 2.47. The van der Waals surface area contributed by atoms with Crippen LogP contribution in [0.15, 0.2) is 42.6 Å². The fourth-order valence-corrected chi connectivity index (χ4v) is 1.69. The van der Waals surface area contributed by atoms with Gasteiger partial charge in [0.2, 0.25) is 0 Å². The number of pyridine rings is 1. The molecule has 0 atom stereocenters. The van der Waals surface area contributed by atoms with Crippen LogP contribution < -0.4 is 15.2 Å². The summed E-state index contributed by atoms with van der Waals surface area (Å²) in [5, 5.41) is 0. The molecule has 2 N–H and O–H groups in total. The minimum atomic E-state index is 0.441. The molecule has 0 radical (unpaired) electrons. The van der Waals surface area contributed by atoms with Crippen molar-refractivity contribution in [3.05, 3.63) is 53.9 Å². The molecule has 0 saturated heterocycles. The van der Waals surface area contributed by atoms with Crippen molar-refractivity contribution in [1.82, 2.24) is 4.98 Å². The van der Waals surface area contributed by atoms with Crippen LogP contribution in [0.25, 0.3) is 0 Å². The van der Waals surface area contributed by atoms with Gasteiger partial charge in [0.25, 0.3) is 0 Å². The molecule has 0 amide bonds. The number of hydrogen-bond acceptors (Lipinski definition) is 4. The highest BCUT2D eigenvalue weighted by atomic mass is 16.5. The van der Waals surface area contributed by atoms with Crippen LogP contribution >= 0.6 is 0 Å². The predicted molar refractivity (Wildman–Crippen MR) is 74.1 cm³/mol. The van der Waals surface area contributed by atoms with Crippen molar-refractivity contribution in [1.29, 1.82) is 0 Å². The summed E-state index contributed by atoms with van der Waals surface area (Å²) in [7, 11) is 0. The summed E-state index contributed by atoms with van der Waals surface area (Å²) in [5.74, 6) is 1.67. The Balaban J connectivity index is 1.94. The van der Waals surface area contributed by atoms with Gasteiger partial charge in [-0.15, -0.1) is 0 Å². The lowest BCUT2D eigenvalue weighted by Gasteiger charge is -2.08. The molecule has 0 aliphatic heterocycles. The van der Waals surface area contributed by atoms with Gasteiger partial charge in [-0.2, -0.15) is 0 Å². The maximum atomic E-state index is 5.70. The lowest BCUT2D eigenvalue weighted by molar-refractivity contribution is 0.303. The molecule has 1 heterocycles. The third-order valence-electron chi connectivity index (χ3n) is 2.63. The fourth-order valence-electron chi connectivity index (χ4n) is 1.69. The Hall–Kier alpha value is -2.07. The topological polar surface area (TPSA) is 57.4 Å². The van der Waals surface area contributed by atoms with Crippen molar-refractivity contribution >= 4 is 0 Å². The maximum Gasteiger partial charge on any atom is 0.120 e. The summed E-state index contributed by atoms with van der Waals surface area (Å²) in [4.78, 5) is 4.15. The highest BCUT2D eigenvalue weighted by Gasteiger charge is 1.99. The zero-order valence-corrected chi connectivity index (χ0v) is 11.0. The molecule has 0 fully saturated rings. The van der Waals surface area contributed by atoms with Crippen LogP contribution in [0.2, 0.25) is 0 Å². The molecule has 100 valence electrons. The van der Waals surface area contributed by atoms with Crippen LogP contribution in [0, 0.1) is 0 Å². The number of nitrogens with zero attached hydrogens (tertiary/aromatic N) is 1. The summed E-state index contributed by atoms with van der Waals surface area (Å²) < 4.78 is 11.1. The van der Waals surface area contributed by atoms with Gasteiger partial charge in [-0.3, -0.25) is 4.98 Å². The molecule has 0 aliphatic carbocycles. The first-order valence-corrected chi connectivity index (χ1v) is 6.31. The van der Waals surface area contributed by atoms with Gasteiger partial charge in [-0.1, -0.05) is 0 Å². The number of hydrogen-bond donors (Lipinski definition) is 1. The van der Waals surface area contributed by atoms with Gasteiger partial charge in [0.1, 0.15) is 18.1 Å². The van der Waals surface area contributed by atoms with E-state index in [-0.39, 0.29) is 0 Å². The SMILES string of the molecule is CCOc1ccc(OCc2ccnc(CN)c2)cc1. The zero-order chi connectivity index (χ0) is 13.5. The number of benzene rings is 1. The third-order valence-corrected chi connectivity index (χ3v) is 2.63. The molecule has 1 aromatic carbocycles. The van der Waals surface area contributed by atoms with E-state index >= 15 is 0 Å². The average molecular weight is 258 g/mol. The van der Waals surface area contributed by atoms with E-state index in [2.05, 4.69) is 4.98 Å². The van der Waals surface area contributed by atoms with Crippen LogP contribution in [0.4, 0.5) is 0 Å². The third kappa shape index (κ3) is 3.96. The van der Waals surface area contributed by atoms with Gasteiger partial charge in [0, 0.05) is 12.7 Å². The standard InChI is InChI=1S/C15H18N2O2/c1-2-18-14-3-5-15(6-4-14)19-11-12-7-8-17-13(9-12)10-16/h3-9H,2,10-11,16H2,1H3. The van der Waals surface area contributed by atoms with E-state index in [1.165, 1.54) is 0 Å². The summed E-state index contributed by atoms with van der Waals surface area (Å²) in [6.45, 7) is 3.57. The van der Waals surface area contributed by atoms with E-state index in [0.717, 1.165) is 22.8 Å². The van der Waals surface area contributed by atoms with Gasteiger partial charge in [-0.05, 0) is 48.9 Å². The molecule has 4 heteroatoms. The molecule has 2 aromatic rings. The Labute approximate surface area is 113 Å². The monoisotopic (exact) mass is 258 g/mol. The molecule has 0 aliphatic rings. The first-order valence-electron chi connectivity index (χ1n) is 6.31. The number of aromatic nitrogens is 1. The first kappa shape index (κ1) is 13.4. The van der Waals surface area contributed by atoms with Crippen molar-refractivity contribution in [3.63, 3.8) is 0 Å². The van der Waals surface area contributed by atoms with Gasteiger partial charge in [0.05, 0.1) is 12.3 Å². The minimum Gasteiger partial charge on any atom is -0.494 e. The van der Waals surface area contributed by atoms with E-state index in [1.54, 1.807) is 6.20 Å². The number of rotatable bonds is 6. The Bertz CT molecular complexity index is 512. The molecule has 0 unspecified atom stereocenters. The van der Waals surface area contributed by atoms with Crippen LogP contribution in [-0.4, -0.2) is 11.6 Å². The second-order valence-corrected chi connectivity index (χ2v) is 4.05. The van der Waals surface area contributed by atoms with E-state index in [9.17, 15) is 0 Å². The quantitative estimate of drug-likeness (QED) is 0.865. The van der Waals surface area contributed by atoms with Crippen LogP contribution in [0.3, 0.4) is 0 Å². The van der Waals surface area contributed by atoms with Gasteiger partial charge in [-0.25, -0.2) is 0 Å². The Morgan fingerprint density at radius 1 is 1.05 bits per heavy atom. The number of nitrogens with two attached hydrogens (primary N) is 1. The molecule has 1 aromatic heterocycles. The molecule has 2 rings (SSSR count). The van der Waals surface area contributed by atoms with E-state index in [4.69, 9.17) is 15.2 Å². The summed E-state index contributed by atoms with van der Waals surface area (Å²) in [6.07, 6.45) is 1.75. The van der Waals surface area contributed by atoms with E-state index < -0.39 is 0 Å². The molecule has 0 bridgehead atoms. The van der Waals surface area contributed by atoms with Gasteiger partial charge >= 0.3 is 0 Å². The molecule has 0 saturated carbocycles. The second-order valence-electron chi connectivity index (χ2n) is 4.05. The Morgan fingerprint density at radius 2 is 1.74 bits per heavy atom. The predicted octanol–water partition coefficient (Wildman–Crippen LogP) is 2.52. The maximum absolute atomic E-state index is 5.70. The van der Waals surface area contributed by atoms with Crippen LogP contribution in [0.5, 0.6) is 11.5 Å². The largest absolute Gasteiger partial charge is 0.494 e. The second kappa shape index (κ2) is 6.75. The Morgan fingerprint density at radius 3 is 2.37 bits per heavy atom. The van der Waals surface area contributed by atoms with E-state index in [1.807, 2.05) is 43.3 Å². The summed E-state index contributed by atoms with van der Waals surface area (Å²) >= 11 is 0.